The highest BCUT2D eigenvalue weighted by Crippen LogP contribution is 2.43. The minimum absolute atomic E-state index is 0.00705. The van der Waals surface area contributed by atoms with Gasteiger partial charge in [-0.25, -0.2) is 4.79 Å². The number of aliphatic carboxylic acids is 1. The molecule has 1 aromatic rings. The number of hydrogen-bond acceptors (Lipinski definition) is 6. The first-order chi connectivity index (χ1) is 13.4. The van der Waals surface area contributed by atoms with Gasteiger partial charge in [-0.1, -0.05) is 11.6 Å². The zero-order valence-electron chi connectivity index (χ0n) is 16.0. The second kappa shape index (κ2) is 8.24. The lowest BCUT2D eigenvalue weighted by molar-refractivity contribution is -0.136. The maximum absolute atomic E-state index is 13.3. The molecule has 10 heteroatoms. The Morgan fingerprint density at radius 3 is 2.45 bits per heavy atom. The minimum Gasteiger partial charge on any atom is -0.496 e. The van der Waals surface area contributed by atoms with E-state index < -0.39 is 41.3 Å². The van der Waals surface area contributed by atoms with Crippen LogP contribution in [0.2, 0.25) is 0 Å². The number of carbonyl (C=O) groups excluding carboxylic acids is 2. The predicted octanol–water partition coefficient (Wildman–Crippen LogP) is 3.23. The van der Waals surface area contributed by atoms with Crippen molar-refractivity contribution in [3.63, 3.8) is 0 Å². The van der Waals surface area contributed by atoms with Gasteiger partial charge in [0, 0.05) is 28.7 Å². The highest BCUT2D eigenvalue weighted by Gasteiger charge is 2.47. The highest BCUT2D eigenvalue weighted by atomic mass is 19.4. The molecule has 0 aromatic heterocycles. The lowest BCUT2D eigenvalue weighted by Gasteiger charge is -2.20. The average Bonchev–Trinajstić information content (AvgIpc) is 2.91. The third-order valence-corrected chi connectivity index (χ3v) is 4.64. The second-order valence-corrected chi connectivity index (χ2v) is 6.60. The number of benzene rings is 1. The van der Waals surface area contributed by atoms with Crippen LogP contribution in [0.5, 0.6) is 5.75 Å². The van der Waals surface area contributed by atoms with Gasteiger partial charge in [0.05, 0.1) is 12.7 Å². The lowest BCUT2D eigenvalue weighted by Crippen LogP contribution is -2.27. The maximum Gasteiger partial charge on any atom is 0.454 e. The summed E-state index contributed by atoms with van der Waals surface area (Å²) in [5.41, 5.74) is 5.10. The molecular weight excluding hydrogens is 395 g/mol. The molecule has 1 heterocycles. The fraction of sp³-hybridized carbons (Fsp3) is 0.421. The number of fused-ring (bicyclic) bond motifs is 1. The Kier molecular flexibility index (Phi) is 6.37. The number of ether oxygens (including phenoxy) is 2. The fourth-order valence-electron chi connectivity index (χ4n) is 3.28. The number of nitrogens with two attached hydrogens (primary N) is 1. The standard InChI is InChI=1S/C19H20F3NO6/c1-8(5-7-11(24)25)4-6-10-13(16(26)19(20,21)22)14-12(9(2)15(10)28-3)17(23)29-18(14)27/h4,17H,5-7,23H2,1-3H3,(H,24,25)/b8-4+. The third kappa shape index (κ3) is 4.42. The van der Waals surface area contributed by atoms with Crippen LogP contribution in [0, 0.1) is 6.92 Å². The van der Waals surface area contributed by atoms with Crippen molar-refractivity contribution in [2.75, 3.05) is 7.11 Å². The van der Waals surface area contributed by atoms with Crippen LogP contribution >= 0.6 is 0 Å². The number of halogens is 3. The Labute approximate surface area is 164 Å². The van der Waals surface area contributed by atoms with Gasteiger partial charge in [-0.05, 0) is 26.7 Å². The minimum atomic E-state index is -5.24. The van der Waals surface area contributed by atoms with Crippen molar-refractivity contribution >= 4 is 17.7 Å². The Morgan fingerprint density at radius 2 is 1.93 bits per heavy atom. The fourth-order valence-corrected chi connectivity index (χ4v) is 3.28. The molecule has 0 saturated heterocycles. The van der Waals surface area contributed by atoms with Gasteiger partial charge < -0.3 is 14.6 Å². The number of methoxy groups -OCH3 is 1. The van der Waals surface area contributed by atoms with Gasteiger partial charge >= 0.3 is 18.1 Å². The Balaban J connectivity index is 2.71. The van der Waals surface area contributed by atoms with Gasteiger partial charge in [-0.3, -0.25) is 15.3 Å². The molecule has 29 heavy (non-hydrogen) atoms. The molecule has 7 nitrogen and oxygen atoms in total. The van der Waals surface area contributed by atoms with Gasteiger partial charge in [-0.15, -0.1) is 0 Å². The Bertz CT molecular complexity index is 904. The van der Waals surface area contributed by atoms with Crippen molar-refractivity contribution < 1.29 is 42.1 Å². The van der Waals surface area contributed by atoms with Crippen molar-refractivity contribution in [3.8, 4) is 5.75 Å². The molecule has 1 unspecified atom stereocenters. The first-order valence-electron chi connectivity index (χ1n) is 8.58. The summed E-state index contributed by atoms with van der Waals surface area (Å²) in [7, 11) is 1.23. The predicted molar refractivity (Wildman–Crippen MR) is 94.8 cm³/mol. The summed E-state index contributed by atoms with van der Waals surface area (Å²) < 4.78 is 50.0. The molecule has 3 N–H and O–H groups in total. The molecule has 1 aliphatic rings. The third-order valence-electron chi connectivity index (χ3n) is 4.64. The molecule has 1 atom stereocenters. The van der Waals surface area contributed by atoms with Crippen LogP contribution in [-0.4, -0.2) is 36.1 Å². The number of carboxylic acid groups (broad SMARTS) is 1. The van der Waals surface area contributed by atoms with Crippen LogP contribution in [0.4, 0.5) is 13.2 Å². The Morgan fingerprint density at radius 1 is 1.31 bits per heavy atom. The molecule has 0 fully saturated rings. The maximum atomic E-state index is 13.3. The van der Waals surface area contributed by atoms with E-state index in [-0.39, 0.29) is 36.1 Å². The van der Waals surface area contributed by atoms with E-state index in [1.54, 1.807) is 6.92 Å². The summed E-state index contributed by atoms with van der Waals surface area (Å²) in [4.78, 5) is 35.1. The van der Waals surface area contributed by atoms with Crippen molar-refractivity contribution in [1.29, 1.82) is 0 Å². The van der Waals surface area contributed by atoms with Gasteiger partial charge in [0.2, 0.25) is 0 Å². The van der Waals surface area contributed by atoms with Crippen LogP contribution in [0.3, 0.4) is 0 Å². The largest absolute Gasteiger partial charge is 0.496 e. The highest BCUT2D eigenvalue weighted by molar-refractivity contribution is 6.12. The molecule has 1 aliphatic heterocycles. The van der Waals surface area contributed by atoms with Gasteiger partial charge in [0.15, 0.2) is 6.23 Å². The molecule has 1 aromatic carbocycles. The number of carboxylic acids is 1. The van der Waals surface area contributed by atoms with Crippen molar-refractivity contribution in [2.24, 2.45) is 5.73 Å². The normalized spacial score (nSPS) is 16.4. The second-order valence-electron chi connectivity index (χ2n) is 6.60. The van der Waals surface area contributed by atoms with E-state index in [0.29, 0.717) is 11.1 Å². The molecule has 2 rings (SSSR count). The van der Waals surface area contributed by atoms with Gasteiger partial charge in [-0.2, -0.15) is 13.2 Å². The molecule has 158 valence electrons. The first kappa shape index (κ1) is 22.4. The summed E-state index contributed by atoms with van der Waals surface area (Å²) >= 11 is 0. The number of allylic oxidation sites excluding steroid dienone is 2. The summed E-state index contributed by atoms with van der Waals surface area (Å²) in [6, 6.07) is 0. The monoisotopic (exact) mass is 415 g/mol. The van der Waals surface area contributed by atoms with E-state index in [0.717, 1.165) is 0 Å². The number of ketones is 1. The lowest BCUT2D eigenvalue weighted by atomic mass is 9.87. The number of carbonyl (C=O) groups is 3. The molecule has 0 radical (unpaired) electrons. The number of alkyl halides is 3. The number of hydrogen-bond donors (Lipinski definition) is 2. The van der Waals surface area contributed by atoms with Gasteiger partial charge in [0.25, 0.3) is 5.78 Å². The Hall–Kier alpha value is -2.88. The van der Waals surface area contributed by atoms with Crippen LogP contribution in [0.15, 0.2) is 11.6 Å². The quantitative estimate of drug-likeness (QED) is 0.399. The van der Waals surface area contributed by atoms with Crippen molar-refractivity contribution in [2.45, 2.75) is 45.5 Å². The summed E-state index contributed by atoms with van der Waals surface area (Å²) in [6.45, 7) is 3.12. The zero-order chi connectivity index (χ0) is 22.1. The van der Waals surface area contributed by atoms with E-state index in [4.69, 9.17) is 20.3 Å². The molecule has 0 saturated carbocycles. The van der Waals surface area contributed by atoms with Crippen LogP contribution in [0.1, 0.15) is 63.4 Å². The van der Waals surface area contributed by atoms with E-state index >= 15 is 0 Å². The van der Waals surface area contributed by atoms with E-state index in [9.17, 15) is 27.6 Å². The SMILES string of the molecule is COc1c(C)c2c(c(C(=O)C(F)(F)F)c1C/C=C(\C)CCC(=O)O)C(=O)OC2N. The molecule has 0 spiro atoms. The number of esters is 1. The van der Waals surface area contributed by atoms with Crippen molar-refractivity contribution in [3.05, 3.63) is 39.5 Å². The number of Topliss-reactive ketones (excluding diaryl/α,β-unsaturated/α-hetero) is 1. The average molecular weight is 415 g/mol. The molecule has 0 bridgehead atoms. The zero-order valence-corrected chi connectivity index (χ0v) is 16.0. The molecular formula is C19H20F3NO6. The van der Waals surface area contributed by atoms with E-state index in [1.165, 1.54) is 20.1 Å². The topological polar surface area (TPSA) is 116 Å². The summed E-state index contributed by atoms with van der Waals surface area (Å²) in [6.07, 6.45) is -5.21. The van der Waals surface area contributed by atoms with E-state index in [2.05, 4.69) is 0 Å². The summed E-state index contributed by atoms with van der Waals surface area (Å²) in [5.74, 6) is -4.34. The first-order valence-corrected chi connectivity index (χ1v) is 8.58. The van der Waals surface area contributed by atoms with Gasteiger partial charge in [0.1, 0.15) is 5.75 Å². The molecule has 0 amide bonds. The van der Waals surface area contributed by atoms with Crippen LogP contribution in [0.25, 0.3) is 0 Å². The smallest absolute Gasteiger partial charge is 0.454 e. The van der Waals surface area contributed by atoms with Crippen LogP contribution < -0.4 is 10.5 Å². The summed E-state index contributed by atoms with van der Waals surface area (Å²) in [5, 5.41) is 8.75. The number of cyclic esters (lactones) is 1. The van der Waals surface area contributed by atoms with E-state index in [1.807, 2.05) is 0 Å². The number of rotatable bonds is 7. The molecule has 0 aliphatic carbocycles. The van der Waals surface area contributed by atoms with Crippen molar-refractivity contribution in [1.82, 2.24) is 0 Å². The van der Waals surface area contributed by atoms with Crippen LogP contribution in [-0.2, 0) is 16.0 Å².